The lowest BCUT2D eigenvalue weighted by molar-refractivity contribution is 0.194. The molecule has 0 aliphatic rings. The third-order valence-corrected chi connectivity index (χ3v) is 3.53. The molecule has 3 aromatic rings. The largest absolute Gasteiger partial charge is 0.465 e. The summed E-state index contributed by atoms with van der Waals surface area (Å²) in [6, 6.07) is 13.4. The molecule has 0 fully saturated rings. The van der Waals surface area contributed by atoms with Crippen molar-refractivity contribution in [2.75, 3.05) is 0 Å². The molecule has 5 heteroatoms. The summed E-state index contributed by atoms with van der Waals surface area (Å²) < 4.78 is 5.38. The minimum Gasteiger partial charge on any atom is -0.465 e. The van der Waals surface area contributed by atoms with Crippen LogP contribution in [0.1, 0.15) is 11.1 Å². The van der Waals surface area contributed by atoms with Gasteiger partial charge >= 0.3 is 6.09 Å². The number of furan rings is 1. The molecule has 2 aromatic carbocycles. The van der Waals surface area contributed by atoms with Crippen LogP contribution >= 0.6 is 0 Å². The Morgan fingerprint density at radius 1 is 1.14 bits per heavy atom. The van der Waals surface area contributed by atoms with Crippen LogP contribution in [0, 0.1) is 0 Å². The Labute approximate surface area is 126 Å². The first-order valence-corrected chi connectivity index (χ1v) is 6.84. The van der Waals surface area contributed by atoms with Crippen LogP contribution in [0.5, 0.6) is 0 Å². The molecule has 5 nitrogen and oxygen atoms in total. The van der Waals surface area contributed by atoms with Crippen LogP contribution in [-0.4, -0.2) is 16.3 Å². The molecule has 0 aliphatic carbocycles. The van der Waals surface area contributed by atoms with Crippen molar-refractivity contribution in [1.29, 1.82) is 0 Å². The van der Waals surface area contributed by atoms with Gasteiger partial charge in [0.05, 0.1) is 12.9 Å². The van der Waals surface area contributed by atoms with Crippen molar-refractivity contribution in [2.45, 2.75) is 13.2 Å². The molecular weight excluding hydrogens is 282 g/mol. The van der Waals surface area contributed by atoms with Crippen molar-refractivity contribution in [1.82, 2.24) is 5.32 Å². The fourth-order valence-corrected chi connectivity index (χ4v) is 2.42. The van der Waals surface area contributed by atoms with Crippen LogP contribution in [0.4, 0.5) is 4.79 Å². The Morgan fingerprint density at radius 3 is 2.73 bits per heavy atom. The minimum atomic E-state index is -1.04. The highest BCUT2D eigenvalue weighted by atomic mass is 16.4. The van der Waals surface area contributed by atoms with Crippen LogP contribution in [0.2, 0.25) is 0 Å². The maximum absolute atomic E-state index is 10.6. The van der Waals surface area contributed by atoms with Crippen molar-refractivity contribution in [3.8, 4) is 11.1 Å². The Bertz CT molecular complexity index is 822. The lowest BCUT2D eigenvalue weighted by Gasteiger charge is -2.06. The lowest BCUT2D eigenvalue weighted by atomic mass is 10.0. The summed E-state index contributed by atoms with van der Waals surface area (Å²) in [7, 11) is 0. The highest BCUT2D eigenvalue weighted by molar-refractivity contribution is 5.86. The second kappa shape index (κ2) is 5.91. The predicted octanol–water partition coefficient (Wildman–Crippen LogP) is 3.36. The highest BCUT2D eigenvalue weighted by Crippen LogP contribution is 2.28. The third kappa shape index (κ3) is 2.80. The van der Waals surface area contributed by atoms with Crippen molar-refractivity contribution in [2.24, 2.45) is 0 Å². The molecule has 0 saturated heterocycles. The second-order valence-electron chi connectivity index (χ2n) is 4.99. The Morgan fingerprint density at radius 2 is 1.95 bits per heavy atom. The number of fused-ring (bicyclic) bond motifs is 1. The van der Waals surface area contributed by atoms with E-state index in [0.717, 1.165) is 33.2 Å². The molecule has 3 N–H and O–H groups in total. The Balaban J connectivity index is 1.96. The van der Waals surface area contributed by atoms with Gasteiger partial charge in [0.15, 0.2) is 0 Å². The van der Waals surface area contributed by atoms with Gasteiger partial charge in [-0.1, -0.05) is 24.3 Å². The molecule has 22 heavy (non-hydrogen) atoms. The highest BCUT2D eigenvalue weighted by Gasteiger charge is 2.07. The molecule has 1 heterocycles. The summed E-state index contributed by atoms with van der Waals surface area (Å²) in [5.41, 5.74) is 4.34. The number of carboxylic acid groups (broad SMARTS) is 1. The van der Waals surface area contributed by atoms with Gasteiger partial charge in [-0.2, -0.15) is 0 Å². The maximum Gasteiger partial charge on any atom is 0.404 e. The fraction of sp³-hybridized carbons (Fsp3) is 0.118. The molecule has 3 rings (SSSR count). The average molecular weight is 297 g/mol. The van der Waals surface area contributed by atoms with Gasteiger partial charge in [0, 0.05) is 17.5 Å². The molecule has 0 aliphatic heterocycles. The second-order valence-corrected chi connectivity index (χ2v) is 4.99. The Hall–Kier alpha value is -2.79. The Kier molecular flexibility index (Phi) is 3.80. The van der Waals surface area contributed by atoms with Gasteiger partial charge in [0.25, 0.3) is 0 Å². The summed E-state index contributed by atoms with van der Waals surface area (Å²) in [6.07, 6.45) is 0.513. The zero-order chi connectivity index (χ0) is 15.5. The van der Waals surface area contributed by atoms with Crippen LogP contribution in [0.25, 0.3) is 22.1 Å². The number of aliphatic hydroxyl groups excluding tert-OH is 1. The van der Waals surface area contributed by atoms with E-state index in [-0.39, 0.29) is 13.2 Å². The molecule has 1 aromatic heterocycles. The zero-order valence-corrected chi connectivity index (χ0v) is 11.7. The molecule has 1 amide bonds. The SMILES string of the molecule is O=C(O)NCc1cccc(-c2ccc3occ(CO)c3c2)c1. The predicted molar refractivity (Wildman–Crippen MR) is 82.4 cm³/mol. The summed E-state index contributed by atoms with van der Waals surface area (Å²) in [5.74, 6) is 0. The first-order chi connectivity index (χ1) is 10.7. The smallest absolute Gasteiger partial charge is 0.404 e. The van der Waals surface area contributed by atoms with E-state index in [2.05, 4.69) is 5.32 Å². The van der Waals surface area contributed by atoms with Gasteiger partial charge in [-0.3, -0.25) is 0 Å². The monoisotopic (exact) mass is 297 g/mol. The molecule has 0 spiro atoms. The number of aliphatic hydroxyl groups is 1. The normalized spacial score (nSPS) is 10.8. The van der Waals surface area contributed by atoms with Crippen molar-refractivity contribution in [3.63, 3.8) is 0 Å². The van der Waals surface area contributed by atoms with E-state index in [1.807, 2.05) is 42.5 Å². The van der Waals surface area contributed by atoms with Gasteiger partial charge in [0.1, 0.15) is 5.58 Å². The number of hydrogen-bond acceptors (Lipinski definition) is 3. The van der Waals surface area contributed by atoms with Crippen LogP contribution < -0.4 is 5.32 Å². The number of amides is 1. The van der Waals surface area contributed by atoms with Gasteiger partial charge in [-0.05, 0) is 34.9 Å². The fourth-order valence-electron chi connectivity index (χ4n) is 2.42. The maximum atomic E-state index is 10.6. The lowest BCUT2D eigenvalue weighted by Crippen LogP contribution is -2.19. The molecule has 0 radical (unpaired) electrons. The molecular formula is C17H15NO4. The molecule has 0 saturated carbocycles. The van der Waals surface area contributed by atoms with Crippen LogP contribution in [0.3, 0.4) is 0 Å². The van der Waals surface area contributed by atoms with E-state index in [4.69, 9.17) is 9.52 Å². The number of nitrogens with one attached hydrogen (secondary N) is 1. The van der Waals surface area contributed by atoms with E-state index in [1.165, 1.54) is 0 Å². The zero-order valence-electron chi connectivity index (χ0n) is 11.7. The van der Waals surface area contributed by atoms with E-state index in [9.17, 15) is 9.90 Å². The molecule has 0 unspecified atom stereocenters. The topological polar surface area (TPSA) is 82.7 Å². The van der Waals surface area contributed by atoms with Crippen molar-refractivity contribution in [3.05, 3.63) is 59.9 Å². The summed E-state index contributed by atoms with van der Waals surface area (Å²) in [4.78, 5) is 10.6. The summed E-state index contributed by atoms with van der Waals surface area (Å²) in [6.45, 7) is 0.193. The standard InChI is InChI=1S/C17H15NO4/c19-9-14-10-22-16-5-4-13(7-15(14)16)12-3-1-2-11(6-12)8-18-17(20)21/h1-7,10,18-19H,8-9H2,(H,20,21). The van der Waals surface area contributed by atoms with Crippen molar-refractivity contribution < 1.29 is 19.4 Å². The number of carbonyl (C=O) groups is 1. The van der Waals surface area contributed by atoms with Crippen LogP contribution in [0.15, 0.2) is 53.1 Å². The molecule has 112 valence electrons. The number of rotatable bonds is 4. The van der Waals surface area contributed by atoms with Gasteiger partial charge < -0.3 is 19.9 Å². The first kappa shape index (κ1) is 14.2. The average Bonchev–Trinajstić information content (AvgIpc) is 2.95. The van der Waals surface area contributed by atoms with E-state index in [0.29, 0.717) is 0 Å². The number of benzene rings is 2. The summed E-state index contributed by atoms with van der Waals surface area (Å²) in [5, 5.41) is 21.2. The van der Waals surface area contributed by atoms with Gasteiger partial charge in [-0.15, -0.1) is 0 Å². The first-order valence-electron chi connectivity index (χ1n) is 6.84. The van der Waals surface area contributed by atoms with E-state index in [1.54, 1.807) is 6.26 Å². The third-order valence-electron chi connectivity index (χ3n) is 3.53. The van der Waals surface area contributed by atoms with Gasteiger partial charge in [-0.25, -0.2) is 4.79 Å². The summed E-state index contributed by atoms with van der Waals surface area (Å²) >= 11 is 0. The van der Waals surface area contributed by atoms with Crippen LogP contribution in [-0.2, 0) is 13.2 Å². The van der Waals surface area contributed by atoms with E-state index < -0.39 is 6.09 Å². The molecule has 0 atom stereocenters. The van der Waals surface area contributed by atoms with E-state index >= 15 is 0 Å². The van der Waals surface area contributed by atoms with Gasteiger partial charge in [0.2, 0.25) is 0 Å². The molecule has 0 bridgehead atoms. The van der Waals surface area contributed by atoms with Crippen molar-refractivity contribution >= 4 is 17.1 Å². The quantitative estimate of drug-likeness (QED) is 0.689. The number of hydrogen-bond donors (Lipinski definition) is 3. The minimum absolute atomic E-state index is 0.0704.